The monoisotopic (exact) mass is 337 g/mol. The molecule has 0 saturated carbocycles. The maximum absolute atomic E-state index is 11.9. The Bertz CT molecular complexity index is 1120. The number of para-hydroxylation sites is 1. The molecule has 2 aromatic heterocycles. The Hall–Kier alpha value is -2.99. The molecule has 2 aromatic carbocycles. The van der Waals surface area contributed by atoms with Gasteiger partial charge in [0.15, 0.2) is 5.65 Å². The van der Waals surface area contributed by atoms with Gasteiger partial charge in [-0.25, -0.2) is 4.98 Å². The van der Waals surface area contributed by atoms with Crippen LogP contribution in [0.4, 0.5) is 11.6 Å². The molecule has 0 unspecified atom stereocenters. The van der Waals surface area contributed by atoms with Crippen molar-refractivity contribution in [3.63, 3.8) is 0 Å². The number of aryl methyl sites for hydroxylation is 1. The number of aromatic nitrogens is 4. The molecule has 0 aliphatic heterocycles. The molecule has 0 amide bonds. The number of benzene rings is 2. The second-order valence-corrected chi connectivity index (χ2v) is 5.76. The van der Waals surface area contributed by atoms with Gasteiger partial charge < -0.3 is 5.32 Å². The molecule has 0 atom stereocenters. The van der Waals surface area contributed by atoms with E-state index >= 15 is 0 Å². The van der Waals surface area contributed by atoms with E-state index in [-0.39, 0.29) is 5.56 Å². The van der Waals surface area contributed by atoms with Crippen LogP contribution in [0.15, 0.2) is 53.3 Å². The van der Waals surface area contributed by atoms with E-state index < -0.39 is 0 Å². The van der Waals surface area contributed by atoms with Crippen molar-refractivity contribution in [1.29, 1.82) is 0 Å². The van der Waals surface area contributed by atoms with Gasteiger partial charge in [0.05, 0.1) is 5.52 Å². The van der Waals surface area contributed by atoms with Crippen LogP contribution in [0, 0.1) is 6.92 Å². The predicted octanol–water partition coefficient (Wildman–Crippen LogP) is 3.34. The zero-order chi connectivity index (χ0) is 16.7. The average molecular weight is 338 g/mol. The first-order valence-corrected chi connectivity index (χ1v) is 7.69. The van der Waals surface area contributed by atoms with Crippen LogP contribution >= 0.6 is 11.6 Å². The van der Waals surface area contributed by atoms with Crippen molar-refractivity contribution in [3.8, 4) is 0 Å². The third-order valence-corrected chi connectivity index (χ3v) is 3.89. The maximum Gasteiger partial charge on any atom is 0.294 e. The summed E-state index contributed by atoms with van der Waals surface area (Å²) in [5.74, 6) is 0.474. The number of rotatable bonds is 2. The van der Waals surface area contributed by atoms with Crippen LogP contribution in [0.5, 0.6) is 0 Å². The van der Waals surface area contributed by atoms with Crippen LogP contribution in [0.1, 0.15) is 5.69 Å². The summed E-state index contributed by atoms with van der Waals surface area (Å²) in [6.07, 6.45) is 0. The third-order valence-electron chi connectivity index (χ3n) is 3.64. The minimum atomic E-state index is -0.344. The molecule has 0 fully saturated rings. The van der Waals surface area contributed by atoms with E-state index in [4.69, 9.17) is 11.6 Å². The highest BCUT2D eigenvalue weighted by molar-refractivity contribution is 6.30. The molecule has 1 N–H and O–H groups in total. The van der Waals surface area contributed by atoms with Crippen molar-refractivity contribution in [2.45, 2.75) is 6.92 Å². The van der Waals surface area contributed by atoms with Gasteiger partial charge in [0.2, 0.25) is 5.95 Å². The van der Waals surface area contributed by atoms with Gasteiger partial charge in [-0.05, 0) is 43.3 Å². The highest BCUT2D eigenvalue weighted by Gasteiger charge is 2.12. The van der Waals surface area contributed by atoms with Crippen molar-refractivity contribution in [2.75, 3.05) is 5.32 Å². The highest BCUT2D eigenvalue weighted by atomic mass is 35.5. The second kappa shape index (κ2) is 5.58. The van der Waals surface area contributed by atoms with Crippen LogP contribution in [0.25, 0.3) is 16.6 Å². The number of fused-ring (bicyclic) bond motifs is 3. The minimum Gasteiger partial charge on any atom is -0.324 e. The van der Waals surface area contributed by atoms with E-state index in [1.54, 1.807) is 23.6 Å². The van der Waals surface area contributed by atoms with Crippen LogP contribution in [0.2, 0.25) is 5.02 Å². The van der Waals surface area contributed by atoms with Gasteiger partial charge in [-0.3, -0.25) is 4.79 Å². The summed E-state index contributed by atoms with van der Waals surface area (Å²) in [6, 6.07) is 14.7. The van der Waals surface area contributed by atoms with Gasteiger partial charge in [-0.15, -0.1) is 0 Å². The number of halogens is 1. The fourth-order valence-electron chi connectivity index (χ4n) is 2.45. The van der Waals surface area contributed by atoms with Crippen LogP contribution in [-0.4, -0.2) is 19.6 Å². The number of nitrogens with one attached hydrogen (secondary N) is 1. The topological polar surface area (TPSA) is 72.2 Å². The molecule has 0 radical (unpaired) electrons. The summed E-state index contributed by atoms with van der Waals surface area (Å²) < 4.78 is 1.55. The lowest BCUT2D eigenvalue weighted by molar-refractivity contribution is 0.841. The van der Waals surface area contributed by atoms with E-state index in [0.717, 1.165) is 16.6 Å². The van der Waals surface area contributed by atoms with E-state index in [2.05, 4.69) is 20.4 Å². The Labute approximate surface area is 141 Å². The minimum absolute atomic E-state index is 0.309. The van der Waals surface area contributed by atoms with Gasteiger partial charge in [0, 0.05) is 16.1 Å². The number of hydrogen-bond donors (Lipinski definition) is 1. The number of hydrogen-bond acceptors (Lipinski definition) is 5. The first kappa shape index (κ1) is 14.6. The molecular weight excluding hydrogens is 326 g/mol. The summed E-state index contributed by atoms with van der Waals surface area (Å²) in [6.45, 7) is 1.63. The lowest BCUT2D eigenvalue weighted by Crippen LogP contribution is -2.18. The molecule has 6 nitrogen and oxygen atoms in total. The summed E-state index contributed by atoms with van der Waals surface area (Å²) >= 11 is 5.92. The quantitative estimate of drug-likeness (QED) is 0.568. The van der Waals surface area contributed by atoms with Crippen molar-refractivity contribution in [3.05, 3.63) is 69.6 Å². The van der Waals surface area contributed by atoms with Crippen molar-refractivity contribution >= 4 is 39.8 Å². The molecule has 118 valence electrons. The third kappa shape index (κ3) is 2.47. The fourth-order valence-corrected chi connectivity index (χ4v) is 2.58. The molecule has 7 heteroatoms. The molecule has 0 bridgehead atoms. The zero-order valence-corrected chi connectivity index (χ0v) is 13.4. The van der Waals surface area contributed by atoms with Crippen molar-refractivity contribution < 1.29 is 0 Å². The average Bonchev–Trinajstić information content (AvgIpc) is 2.58. The smallest absolute Gasteiger partial charge is 0.294 e. The van der Waals surface area contributed by atoms with Crippen LogP contribution in [-0.2, 0) is 0 Å². The lowest BCUT2D eigenvalue weighted by atomic mass is 10.2. The first-order chi connectivity index (χ1) is 11.6. The maximum atomic E-state index is 11.9. The lowest BCUT2D eigenvalue weighted by Gasteiger charge is -2.12. The molecule has 0 aliphatic carbocycles. The van der Waals surface area contributed by atoms with Gasteiger partial charge in [-0.2, -0.15) is 14.6 Å². The Morgan fingerprint density at radius 1 is 1.04 bits per heavy atom. The van der Waals surface area contributed by atoms with Gasteiger partial charge in [0.25, 0.3) is 5.56 Å². The van der Waals surface area contributed by atoms with Gasteiger partial charge in [-0.1, -0.05) is 23.7 Å². The van der Waals surface area contributed by atoms with Gasteiger partial charge in [0.1, 0.15) is 5.69 Å². The molecule has 0 spiro atoms. The molecule has 2 heterocycles. The number of nitrogens with zero attached hydrogens (tertiary/aromatic N) is 4. The van der Waals surface area contributed by atoms with E-state index in [1.165, 1.54) is 0 Å². The van der Waals surface area contributed by atoms with Crippen LogP contribution < -0.4 is 10.9 Å². The SMILES string of the molecule is Cc1nn2c(Nc3ccc(Cl)cc3)nc3ccccc3c2nc1=O. The Morgan fingerprint density at radius 3 is 2.58 bits per heavy atom. The Balaban J connectivity index is 2.00. The first-order valence-electron chi connectivity index (χ1n) is 7.31. The second-order valence-electron chi connectivity index (χ2n) is 5.32. The largest absolute Gasteiger partial charge is 0.324 e. The summed E-state index contributed by atoms with van der Waals surface area (Å²) in [5.41, 5.74) is 1.97. The molecule has 4 rings (SSSR count). The van der Waals surface area contributed by atoms with E-state index in [0.29, 0.717) is 22.3 Å². The number of anilines is 2. The summed E-state index contributed by atoms with van der Waals surface area (Å²) in [4.78, 5) is 20.7. The zero-order valence-electron chi connectivity index (χ0n) is 12.7. The molecule has 24 heavy (non-hydrogen) atoms. The normalized spacial score (nSPS) is 11.1. The molecule has 4 aromatic rings. The molecule has 0 aliphatic rings. The van der Waals surface area contributed by atoms with Gasteiger partial charge >= 0.3 is 0 Å². The fraction of sp³-hybridized carbons (Fsp3) is 0.0588. The standard InChI is InChI=1S/C17H12ClN5O/c1-10-16(24)21-15-13-4-2-3-5-14(13)20-17(23(15)22-10)19-12-8-6-11(18)7-9-12/h2-9H,1H3,(H,19,20). The van der Waals surface area contributed by atoms with E-state index in [1.807, 2.05) is 36.4 Å². The predicted molar refractivity (Wildman–Crippen MR) is 94.0 cm³/mol. The van der Waals surface area contributed by atoms with Crippen molar-refractivity contribution in [2.24, 2.45) is 0 Å². The highest BCUT2D eigenvalue weighted by Crippen LogP contribution is 2.22. The summed E-state index contributed by atoms with van der Waals surface area (Å²) in [7, 11) is 0. The van der Waals surface area contributed by atoms with Crippen molar-refractivity contribution in [1.82, 2.24) is 19.6 Å². The summed E-state index contributed by atoms with van der Waals surface area (Å²) in [5, 5.41) is 8.95. The van der Waals surface area contributed by atoms with E-state index in [9.17, 15) is 4.79 Å². The molecule has 0 saturated heterocycles. The Kier molecular flexibility index (Phi) is 3.39. The Morgan fingerprint density at radius 2 is 1.79 bits per heavy atom. The molecular formula is C17H12ClN5O. The van der Waals surface area contributed by atoms with Crippen LogP contribution in [0.3, 0.4) is 0 Å².